The van der Waals surface area contributed by atoms with Crippen molar-refractivity contribution in [1.29, 1.82) is 0 Å². The summed E-state index contributed by atoms with van der Waals surface area (Å²) in [4.78, 5) is 14.7. The van der Waals surface area contributed by atoms with E-state index in [1.165, 1.54) is 6.07 Å². The number of hydrogen-bond acceptors (Lipinski definition) is 2. The van der Waals surface area contributed by atoms with Crippen molar-refractivity contribution in [1.82, 2.24) is 4.98 Å². The molecule has 1 aromatic heterocycles. The van der Waals surface area contributed by atoms with E-state index in [1.807, 2.05) is 6.92 Å². The van der Waals surface area contributed by atoms with E-state index in [9.17, 15) is 4.79 Å². The minimum absolute atomic E-state index is 0.0469. The van der Waals surface area contributed by atoms with Gasteiger partial charge in [-0.3, -0.25) is 0 Å². The van der Waals surface area contributed by atoms with Crippen molar-refractivity contribution >= 4 is 40.1 Å². The van der Waals surface area contributed by atoms with Crippen LogP contribution in [0.25, 0.3) is 10.9 Å². The molecule has 82 valence electrons. The molecule has 0 radical (unpaired) electrons. The molecular formula is C11H7Cl2NO2. The highest BCUT2D eigenvalue weighted by atomic mass is 35.5. The van der Waals surface area contributed by atoms with E-state index in [0.29, 0.717) is 20.9 Å². The lowest BCUT2D eigenvalue weighted by atomic mass is 10.1. The highest BCUT2D eigenvalue weighted by Gasteiger charge is 2.11. The Bertz CT molecular complexity index is 596. The Hall–Kier alpha value is -1.32. The average molecular weight is 256 g/mol. The lowest BCUT2D eigenvalue weighted by Gasteiger charge is -2.06. The average Bonchev–Trinajstić information content (AvgIpc) is 2.25. The van der Waals surface area contributed by atoms with Gasteiger partial charge in [0.15, 0.2) is 0 Å². The van der Waals surface area contributed by atoms with Gasteiger partial charge in [0, 0.05) is 5.39 Å². The van der Waals surface area contributed by atoms with E-state index < -0.39 is 5.97 Å². The molecule has 0 amide bonds. The first-order chi connectivity index (χ1) is 7.50. The zero-order valence-electron chi connectivity index (χ0n) is 8.29. The van der Waals surface area contributed by atoms with Crippen molar-refractivity contribution in [2.24, 2.45) is 0 Å². The Labute approximate surface area is 102 Å². The number of nitrogens with zero attached hydrogens (tertiary/aromatic N) is 1. The van der Waals surface area contributed by atoms with Crippen LogP contribution in [-0.2, 0) is 0 Å². The van der Waals surface area contributed by atoms with E-state index >= 15 is 0 Å². The summed E-state index contributed by atoms with van der Waals surface area (Å²) in [5, 5.41) is 10.4. The predicted molar refractivity (Wildman–Crippen MR) is 63.5 cm³/mol. The third-order valence-corrected chi connectivity index (χ3v) is 3.06. The SMILES string of the molecule is Cc1cc(Cl)c2nc(C(=O)O)ccc2c1Cl. The fraction of sp³-hybridized carbons (Fsp3) is 0.0909. The predicted octanol–water partition coefficient (Wildman–Crippen LogP) is 3.55. The second-order valence-corrected chi connectivity index (χ2v) is 4.17. The Morgan fingerprint density at radius 1 is 1.38 bits per heavy atom. The summed E-state index contributed by atoms with van der Waals surface area (Å²) in [6.07, 6.45) is 0. The van der Waals surface area contributed by atoms with Gasteiger partial charge in [-0.05, 0) is 30.7 Å². The number of aromatic nitrogens is 1. The minimum Gasteiger partial charge on any atom is -0.477 e. The number of carboxylic acid groups (broad SMARTS) is 1. The maximum Gasteiger partial charge on any atom is 0.354 e. The van der Waals surface area contributed by atoms with Gasteiger partial charge in [-0.1, -0.05) is 23.2 Å². The van der Waals surface area contributed by atoms with Gasteiger partial charge < -0.3 is 5.11 Å². The van der Waals surface area contributed by atoms with E-state index in [0.717, 1.165) is 5.56 Å². The smallest absolute Gasteiger partial charge is 0.354 e. The molecule has 2 aromatic rings. The van der Waals surface area contributed by atoms with Crippen LogP contribution in [0.4, 0.5) is 0 Å². The van der Waals surface area contributed by atoms with Gasteiger partial charge in [-0.15, -0.1) is 0 Å². The topological polar surface area (TPSA) is 50.2 Å². The van der Waals surface area contributed by atoms with Crippen LogP contribution in [0.2, 0.25) is 10.0 Å². The maximum absolute atomic E-state index is 10.8. The number of fused-ring (bicyclic) bond motifs is 1. The normalized spacial score (nSPS) is 10.7. The van der Waals surface area contributed by atoms with E-state index in [1.54, 1.807) is 12.1 Å². The summed E-state index contributed by atoms with van der Waals surface area (Å²) >= 11 is 12.1. The molecule has 0 atom stereocenters. The van der Waals surface area contributed by atoms with Crippen LogP contribution < -0.4 is 0 Å². The molecule has 16 heavy (non-hydrogen) atoms. The third kappa shape index (κ3) is 1.72. The summed E-state index contributed by atoms with van der Waals surface area (Å²) in [5.41, 5.74) is 1.20. The Morgan fingerprint density at radius 2 is 2.06 bits per heavy atom. The standard InChI is InChI=1S/C11H7Cl2NO2/c1-5-4-7(12)10-6(9(5)13)2-3-8(14-10)11(15)16/h2-4H,1H3,(H,15,16). The Morgan fingerprint density at radius 3 is 2.69 bits per heavy atom. The van der Waals surface area contributed by atoms with Crippen LogP contribution in [0.15, 0.2) is 18.2 Å². The van der Waals surface area contributed by atoms with E-state index in [4.69, 9.17) is 28.3 Å². The number of halogens is 2. The number of carbonyl (C=O) groups is 1. The number of pyridine rings is 1. The van der Waals surface area contributed by atoms with Crippen molar-refractivity contribution in [3.8, 4) is 0 Å². The molecule has 3 nitrogen and oxygen atoms in total. The van der Waals surface area contributed by atoms with Crippen molar-refractivity contribution < 1.29 is 9.90 Å². The second kappa shape index (κ2) is 3.92. The molecule has 0 saturated heterocycles. The second-order valence-electron chi connectivity index (χ2n) is 3.39. The van der Waals surface area contributed by atoms with Crippen LogP contribution in [0.1, 0.15) is 16.1 Å². The molecule has 1 heterocycles. The molecule has 0 aliphatic rings. The Kier molecular flexibility index (Phi) is 2.74. The largest absolute Gasteiger partial charge is 0.477 e. The summed E-state index contributed by atoms with van der Waals surface area (Å²) in [7, 11) is 0. The fourth-order valence-corrected chi connectivity index (χ4v) is 1.99. The van der Waals surface area contributed by atoms with Crippen LogP contribution in [0, 0.1) is 6.92 Å². The highest BCUT2D eigenvalue weighted by molar-refractivity contribution is 6.40. The number of aromatic carboxylic acids is 1. The number of carboxylic acids is 1. The maximum atomic E-state index is 10.8. The Balaban J connectivity index is 2.84. The van der Waals surface area contributed by atoms with Crippen molar-refractivity contribution in [3.05, 3.63) is 39.5 Å². The summed E-state index contributed by atoms with van der Waals surface area (Å²) < 4.78 is 0. The molecule has 1 N–H and O–H groups in total. The quantitative estimate of drug-likeness (QED) is 0.848. The fourth-order valence-electron chi connectivity index (χ4n) is 1.47. The molecule has 0 aliphatic heterocycles. The van der Waals surface area contributed by atoms with Gasteiger partial charge in [0.25, 0.3) is 0 Å². The van der Waals surface area contributed by atoms with Crippen LogP contribution in [0.3, 0.4) is 0 Å². The third-order valence-electron chi connectivity index (χ3n) is 2.27. The number of rotatable bonds is 1. The van der Waals surface area contributed by atoms with Gasteiger partial charge in [0.2, 0.25) is 0 Å². The molecule has 0 saturated carbocycles. The number of benzene rings is 1. The zero-order valence-corrected chi connectivity index (χ0v) is 9.80. The van der Waals surface area contributed by atoms with Crippen LogP contribution in [0.5, 0.6) is 0 Å². The lowest BCUT2D eigenvalue weighted by Crippen LogP contribution is -2.00. The van der Waals surface area contributed by atoms with Crippen LogP contribution in [-0.4, -0.2) is 16.1 Å². The number of hydrogen-bond donors (Lipinski definition) is 1. The van der Waals surface area contributed by atoms with E-state index in [-0.39, 0.29) is 5.69 Å². The number of aryl methyl sites for hydroxylation is 1. The van der Waals surface area contributed by atoms with Gasteiger partial charge in [0.1, 0.15) is 5.69 Å². The van der Waals surface area contributed by atoms with Crippen molar-refractivity contribution in [3.63, 3.8) is 0 Å². The summed E-state index contributed by atoms with van der Waals surface area (Å²) in [5.74, 6) is -1.09. The molecule has 0 spiro atoms. The highest BCUT2D eigenvalue weighted by Crippen LogP contribution is 2.31. The zero-order chi connectivity index (χ0) is 11.9. The molecule has 0 aliphatic carbocycles. The van der Waals surface area contributed by atoms with Gasteiger partial charge in [-0.25, -0.2) is 9.78 Å². The molecule has 5 heteroatoms. The monoisotopic (exact) mass is 255 g/mol. The summed E-state index contributed by atoms with van der Waals surface area (Å²) in [6.45, 7) is 1.83. The molecular weight excluding hydrogens is 249 g/mol. The molecule has 2 rings (SSSR count). The first-order valence-corrected chi connectivity index (χ1v) is 5.25. The molecule has 0 fully saturated rings. The van der Waals surface area contributed by atoms with Gasteiger partial charge in [-0.2, -0.15) is 0 Å². The summed E-state index contributed by atoms with van der Waals surface area (Å²) in [6, 6.07) is 4.70. The molecule has 1 aromatic carbocycles. The van der Waals surface area contributed by atoms with Crippen LogP contribution >= 0.6 is 23.2 Å². The van der Waals surface area contributed by atoms with Gasteiger partial charge >= 0.3 is 5.97 Å². The van der Waals surface area contributed by atoms with E-state index in [2.05, 4.69) is 4.98 Å². The molecule has 0 bridgehead atoms. The first-order valence-electron chi connectivity index (χ1n) is 4.49. The van der Waals surface area contributed by atoms with Crippen molar-refractivity contribution in [2.75, 3.05) is 0 Å². The first kappa shape index (κ1) is 11.2. The van der Waals surface area contributed by atoms with Gasteiger partial charge in [0.05, 0.1) is 15.6 Å². The molecule has 0 unspecified atom stereocenters. The lowest BCUT2D eigenvalue weighted by molar-refractivity contribution is 0.0691. The van der Waals surface area contributed by atoms with Crippen molar-refractivity contribution in [2.45, 2.75) is 6.92 Å². The minimum atomic E-state index is -1.09.